The third-order valence-corrected chi connectivity index (χ3v) is 4.51. The summed E-state index contributed by atoms with van der Waals surface area (Å²) in [6.07, 6.45) is 1.66. The van der Waals surface area contributed by atoms with Gasteiger partial charge in [0.05, 0.1) is 20.8 Å². The first-order valence-corrected chi connectivity index (χ1v) is 8.87. The van der Waals surface area contributed by atoms with Gasteiger partial charge in [0.1, 0.15) is 0 Å². The van der Waals surface area contributed by atoms with E-state index in [0.717, 1.165) is 0 Å². The number of hydrogen-bond acceptors (Lipinski definition) is 3. The molecule has 0 aliphatic heterocycles. The molecule has 0 aliphatic carbocycles. The lowest BCUT2D eigenvalue weighted by atomic mass is 10.2. The van der Waals surface area contributed by atoms with Gasteiger partial charge in [-0.25, -0.2) is 4.79 Å². The van der Waals surface area contributed by atoms with E-state index in [9.17, 15) is 9.59 Å². The van der Waals surface area contributed by atoms with Crippen LogP contribution < -0.4 is 5.32 Å². The molecule has 0 spiro atoms. The highest BCUT2D eigenvalue weighted by atomic mass is 35.5. The number of amides is 1. The normalized spacial score (nSPS) is 12.0. The Morgan fingerprint density at radius 1 is 1.00 bits per heavy atom. The summed E-state index contributed by atoms with van der Waals surface area (Å²) in [6.45, 7) is 1.44. The number of halogens is 4. The number of carbonyl (C=O) groups is 2. The summed E-state index contributed by atoms with van der Waals surface area (Å²) in [7, 11) is 0. The molecule has 1 N–H and O–H groups in total. The molecule has 2 rings (SSSR count). The molecule has 1 atom stereocenters. The summed E-state index contributed by atoms with van der Waals surface area (Å²) in [5.41, 5.74) is 0.998. The molecule has 0 aliphatic rings. The third kappa shape index (κ3) is 5.92. The molecule has 1 amide bonds. The molecule has 26 heavy (non-hydrogen) atoms. The number of nitrogens with one attached hydrogen (secondary N) is 1. The summed E-state index contributed by atoms with van der Waals surface area (Å²) in [6, 6.07) is 9.55. The van der Waals surface area contributed by atoms with E-state index in [-0.39, 0.29) is 0 Å². The lowest BCUT2D eigenvalue weighted by Crippen LogP contribution is -2.29. The number of hydrogen-bond donors (Lipinski definition) is 1. The summed E-state index contributed by atoms with van der Waals surface area (Å²) in [4.78, 5) is 24.0. The summed E-state index contributed by atoms with van der Waals surface area (Å²) < 4.78 is 5.06. The number of ether oxygens (including phenoxy) is 1. The maximum atomic E-state index is 12.1. The van der Waals surface area contributed by atoms with Gasteiger partial charge in [0.15, 0.2) is 6.10 Å². The van der Waals surface area contributed by atoms with Crippen molar-refractivity contribution >= 4 is 70.0 Å². The zero-order valence-electron chi connectivity index (χ0n) is 13.4. The highest BCUT2D eigenvalue weighted by Gasteiger charge is 2.18. The molecule has 4 nitrogen and oxygen atoms in total. The lowest BCUT2D eigenvalue weighted by molar-refractivity contribution is -0.148. The van der Waals surface area contributed by atoms with Crippen LogP contribution in [0, 0.1) is 0 Å². The Morgan fingerprint density at radius 3 is 2.38 bits per heavy atom. The molecule has 0 bridgehead atoms. The van der Waals surface area contributed by atoms with Gasteiger partial charge >= 0.3 is 5.97 Å². The first-order valence-electron chi connectivity index (χ1n) is 7.36. The number of benzene rings is 2. The maximum absolute atomic E-state index is 12.1. The van der Waals surface area contributed by atoms with Crippen LogP contribution in [0.5, 0.6) is 0 Å². The summed E-state index contributed by atoms with van der Waals surface area (Å²) >= 11 is 23.6. The molecule has 0 aromatic heterocycles. The van der Waals surface area contributed by atoms with Gasteiger partial charge in [-0.05, 0) is 48.9 Å². The fourth-order valence-corrected chi connectivity index (χ4v) is 2.52. The molecule has 0 heterocycles. The van der Waals surface area contributed by atoms with Crippen LogP contribution in [0.3, 0.4) is 0 Å². The van der Waals surface area contributed by atoms with E-state index in [1.165, 1.54) is 25.1 Å². The summed E-state index contributed by atoms with van der Waals surface area (Å²) in [5.74, 6) is -1.22. The van der Waals surface area contributed by atoms with Crippen molar-refractivity contribution in [1.29, 1.82) is 0 Å². The van der Waals surface area contributed by atoms with Gasteiger partial charge < -0.3 is 10.1 Å². The second kappa shape index (κ2) is 9.28. The SMILES string of the molecule is CC(OC(=O)C=Cc1ccc(Cl)c(Cl)c1)C(=O)Nc1cc(Cl)ccc1Cl. The van der Waals surface area contributed by atoms with Crippen molar-refractivity contribution in [1.82, 2.24) is 0 Å². The minimum Gasteiger partial charge on any atom is -0.449 e. The quantitative estimate of drug-likeness (QED) is 0.473. The predicted molar refractivity (Wildman–Crippen MR) is 106 cm³/mol. The second-order valence-corrected chi connectivity index (χ2v) is 6.86. The maximum Gasteiger partial charge on any atom is 0.331 e. The van der Waals surface area contributed by atoms with Crippen LogP contribution in [0.25, 0.3) is 6.08 Å². The number of anilines is 1. The molecule has 8 heteroatoms. The van der Waals surface area contributed by atoms with Crippen LogP contribution in [-0.4, -0.2) is 18.0 Å². The average Bonchev–Trinajstić information content (AvgIpc) is 2.59. The Hall–Kier alpha value is -1.72. The van der Waals surface area contributed by atoms with E-state index in [1.54, 1.807) is 30.3 Å². The molecule has 1 unspecified atom stereocenters. The fraction of sp³-hybridized carbons (Fsp3) is 0.111. The van der Waals surface area contributed by atoms with E-state index < -0.39 is 18.0 Å². The van der Waals surface area contributed by atoms with Crippen molar-refractivity contribution in [2.45, 2.75) is 13.0 Å². The largest absolute Gasteiger partial charge is 0.449 e. The van der Waals surface area contributed by atoms with Crippen LogP contribution in [-0.2, 0) is 14.3 Å². The average molecular weight is 433 g/mol. The van der Waals surface area contributed by atoms with Gasteiger partial charge in [-0.15, -0.1) is 0 Å². The van der Waals surface area contributed by atoms with Gasteiger partial charge in [-0.1, -0.05) is 52.5 Å². The Labute approximate surface area is 170 Å². The zero-order valence-corrected chi connectivity index (χ0v) is 16.5. The Balaban J connectivity index is 1.95. The standard InChI is InChI=1S/C18H13Cl4NO3/c1-10(18(25)23-16-9-12(19)4-6-14(16)21)26-17(24)7-3-11-2-5-13(20)15(22)8-11/h2-10H,1H3,(H,23,25). The molecule has 0 saturated heterocycles. The van der Waals surface area contributed by atoms with E-state index in [4.69, 9.17) is 51.1 Å². The van der Waals surface area contributed by atoms with Crippen molar-refractivity contribution in [3.05, 3.63) is 68.1 Å². The third-order valence-electron chi connectivity index (χ3n) is 3.20. The van der Waals surface area contributed by atoms with Crippen LogP contribution in [0.2, 0.25) is 20.1 Å². The Bertz CT molecular complexity index is 868. The lowest BCUT2D eigenvalue weighted by Gasteiger charge is -2.13. The predicted octanol–water partition coefficient (Wildman–Crippen LogP) is 5.88. The first-order chi connectivity index (χ1) is 12.3. The molecule has 2 aromatic rings. The van der Waals surface area contributed by atoms with Crippen LogP contribution >= 0.6 is 46.4 Å². The van der Waals surface area contributed by atoms with Crippen molar-refractivity contribution in [2.24, 2.45) is 0 Å². The Kier molecular flexibility index (Phi) is 7.35. The van der Waals surface area contributed by atoms with Crippen molar-refractivity contribution in [2.75, 3.05) is 5.32 Å². The van der Waals surface area contributed by atoms with E-state index >= 15 is 0 Å². The van der Waals surface area contributed by atoms with E-state index in [0.29, 0.717) is 31.3 Å². The second-order valence-electron chi connectivity index (χ2n) is 5.20. The van der Waals surface area contributed by atoms with Gasteiger partial charge in [0, 0.05) is 11.1 Å². The van der Waals surface area contributed by atoms with Crippen molar-refractivity contribution in [3.8, 4) is 0 Å². The van der Waals surface area contributed by atoms with Gasteiger partial charge in [0.2, 0.25) is 0 Å². The highest BCUT2D eigenvalue weighted by molar-refractivity contribution is 6.42. The number of esters is 1. The molecule has 136 valence electrons. The highest BCUT2D eigenvalue weighted by Crippen LogP contribution is 2.26. The van der Waals surface area contributed by atoms with E-state index in [2.05, 4.69) is 5.32 Å². The summed E-state index contributed by atoms with van der Waals surface area (Å²) in [5, 5.41) is 4.07. The number of carbonyl (C=O) groups excluding carboxylic acids is 2. The van der Waals surface area contributed by atoms with Crippen LogP contribution in [0.15, 0.2) is 42.5 Å². The van der Waals surface area contributed by atoms with Gasteiger partial charge in [-0.3, -0.25) is 4.79 Å². The minimum absolute atomic E-state index is 0.320. The molecular formula is C18H13Cl4NO3. The zero-order chi connectivity index (χ0) is 19.3. The van der Waals surface area contributed by atoms with Crippen LogP contribution in [0.1, 0.15) is 12.5 Å². The molecule has 0 radical (unpaired) electrons. The smallest absolute Gasteiger partial charge is 0.331 e. The minimum atomic E-state index is -1.03. The Morgan fingerprint density at radius 2 is 1.69 bits per heavy atom. The van der Waals surface area contributed by atoms with Crippen LogP contribution in [0.4, 0.5) is 5.69 Å². The number of rotatable bonds is 5. The van der Waals surface area contributed by atoms with Crippen molar-refractivity contribution in [3.63, 3.8) is 0 Å². The molecule has 2 aromatic carbocycles. The van der Waals surface area contributed by atoms with E-state index in [1.807, 2.05) is 0 Å². The van der Waals surface area contributed by atoms with Gasteiger partial charge in [0.25, 0.3) is 5.91 Å². The molecule has 0 fully saturated rings. The molecule has 0 saturated carbocycles. The monoisotopic (exact) mass is 431 g/mol. The first kappa shape index (κ1) is 20.6. The van der Waals surface area contributed by atoms with Gasteiger partial charge in [-0.2, -0.15) is 0 Å². The molecular weight excluding hydrogens is 420 g/mol. The topological polar surface area (TPSA) is 55.4 Å². The van der Waals surface area contributed by atoms with Crippen molar-refractivity contribution < 1.29 is 14.3 Å². The fourth-order valence-electron chi connectivity index (χ4n) is 1.87.